The molecule has 0 saturated carbocycles. The van der Waals surface area contributed by atoms with Gasteiger partial charge in [-0.25, -0.2) is 0 Å². The van der Waals surface area contributed by atoms with Gasteiger partial charge < -0.3 is 9.47 Å². The van der Waals surface area contributed by atoms with Crippen LogP contribution in [0.5, 0.6) is 11.5 Å². The maximum Gasteiger partial charge on any atom is 0.178 e. The second-order valence-electron chi connectivity index (χ2n) is 4.04. The van der Waals surface area contributed by atoms with E-state index in [1.807, 2.05) is 0 Å². The smallest absolute Gasteiger partial charge is 0.178 e. The van der Waals surface area contributed by atoms with Crippen molar-refractivity contribution in [2.24, 2.45) is 0 Å². The van der Waals surface area contributed by atoms with Crippen LogP contribution in [0.15, 0.2) is 8.95 Å². The zero-order chi connectivity index (χ0) is 14.0. The molecule has 0 bridgehead atoms. The molecule has 0 N–H and O–H groups in total. The molecule has 5 nitrogen and oxygen atoms in total. The summed E-state index contributed by atoms with van der Waals surface area (Å²) in [4.78, 5) is 1.71. The Labute approximate surface area is 128 Å². The van der Waals surface area contributed by atoms with Crippen LogP contribution < -0.4 is 9.47 Å². The largest absolute Gasteiger partial charge is 0.492 e. The Balaban J connectivity index is 2.63. The van der Waals surface area contributed by atoms with Crippen molar-refractivity contribution in [2.45, 2.75) is 26.3 Å². The lowest BCUT2D eigenvalue weighted by Crippen LogP contribution is -2.01. The third-order valence-corrected chi connectivity index (χ3v) is 4.27. The Hall–Kier alpha value is -0.820. The summed E-state index contributed by atoms with van der Waals surface area (Å²) in [5, 5.41) is 8.98. The van der Waals surface area contributed by atoms with Crippen LogP contribution in [0.2, 0.25) is 0 Å². The lowest BCUT2D eigenvalue weighted by atomic mass is 10.2. The standard InChI is InChI=1S/C12H15Br2N3O2/c1-4-5-6-17-15-9-7(13)11(18-2)12(19-3)8(14)10(9)16-17/h4-6H2,1-3H3. The molecule has 104 valence electrons. The third-order valence-electron chi connectivity index (χ3n) is 2.80. The molecular formula is C12H15Br2N3O2. The second-order valence-corrected chi connectivity index (χ2v) is 5.63. The van der Waals surface area contributed by atoms with Crippen molar-refractivity contribution in [2.75, 3.05) is 14.2 Å². The number of halogens is 2. The van der Waals surface area contributed by atoms with E-state index in [2.05, 4.69) is 49.0 Å². The third kappa shape index (κ3) is 2.58. The molecule has 0 radical (unpaired) electrons. The molecule has 0 spiro atoms. The van der Waals surface area contributed by atoms with Crippen LogP contribution in [0.1, 0.15) is 19.8 Å². The monoisotopic (exact) mass is 391 g/mol. The number of nitrogens with zero attached hydrogens (tertiary/aromatic N) is 3. The topological polar surface area (TPSA) is 49.2 Å². The highest BCUT2D eigenvalue weighted by Gasteiger charge is 2.22. The Kier molecular flexibility index (Phi) is 4.67. The number of aromatic nitrogens is 3. The van der Waals surface area contributed by atoms with Crippen LogP contribution in [-0.2, 0) is 6.54 Å². The molecule has 0 atom stereocenters. The van der Waals surface area contributed by atoms with Gasteiger partial charge in [-0.15, -0.1) is 0 Å². The van der Waals surface area contributed by atoms with Crippen molar-refractivity contribution in [3.8, 4) is 11.5 Å². The lowest BCUT2D eigenvalue weighted by molar-refractivity contribution is 0.352. The van der Waals surface area contributed by atoms with E-state index in [-0.39, 0.29) is 0 Å². The van der Waals surface area contributed by atoms with E-state index in [0.717, 1.165) is 39.4 Å². The Morgan fingerprint density at radius 1 is 1.00 bits per heavy atom. The first-order chi connectivity index (χ1) is 9.13. The van der Waals surface area contributed by atoms with Crippen molar-refractivity contribution in [3.05, 3.63) is 8.95 Å². The van der Waals surface area contributed by atoms with Crippen LogP contribution in [0, 0.1) is 0 Å². The van der Waals surface area contributed by atoms with Gasteiger partial charge in [-0.05, 0) is 38.3 Å². The minimum atomic E-state index is 0.615. The van der Waals surface area contributed by atoms with Crippen molar-refractivity contribution in [1.29, 1.82) is 0 Å². The Morgan fingerprint density at radius 2 is 1.47 bits per heavy atom. The number of unbranched alkanes of at least 4 members (excludes halogenated alkanes) is 1. The van der Waals surface area contributed by atoms with Gasteiger partial charge in [-0.2, -0.15) is 15.0 Å². The molecule has 2 rings (SSSR count). The van der Waals surface area contributed by atoms with Crippen LogP contribution in [0.4, 0.5) is 0 Å². The number of aryl methyl sites for hydroxylation is 1. The van der Waals surface area contributed by atoms with Gasteiger partial charge in [0.15, 0.2) is 11.5 Å². The molecule has 1 heterocycles. The number of rotatable bonds is 5. The first-order valence-electron chi connectivity index (χ1n) is 5.97. The van der Waals surface area contributed by atoms with Crippen molar-refractivity contribution in [1.82, 2.24) is 15.0 Å². The molecule has 0 aliphatic heterocycles. The van der Waals surface area contributed by atoms with E-state index in [1.54, 1.807) is 19.0 Å². The summed E-state index contributed by atoms with van der Waals surface area (Å²) in [6, 6.07) is 0. The number of ether oxygens (including phenoxy) is 2. The number of methoxy groups -OCH3 is 2. The quantitative estimate of drug-likeness (QED) is 0.776. The SMILES string of the molecule is CCCCn1nc2c(Br)c(OC)c(OC)c(Br)c2n1. The van der Waals surface area contributed by atoms with Crippen molar-refractivity contribution < 1.29 is 9.47 Å². The highest BCUT2D eigenvalue weighted by Crippen LogP contribution is 2.45. The maximum absolute atomic E-state index is 5.37. The normalized spacial score (nSPS) is 11.0. The average molecular weight is 393 g/mol. The first-order valence-corrected chi connectivity index (χ1v) is 7.56. The van der Waals surface area contributed by atoms with E-state index in [1.165, 1.54) is 0 Å². The van der Waals surface area contributed by atoms with E-state index in [4.69, 9.17) is 9.47 Å². The first kappa shape index (κ1) is 14.6. The van der Waals surface area contributed by atoms with Gasteiger partial charge in [-0.1, -0.05) is 13.3 Å². The van der Waals surface area contributed by atoms with Crippen LogP contribution in [0.3, 0.4) is 0 Å². The molecule has 0 aliphatic carbocycles. The highest BCUT2D eigenvalue weighted by molar-refractivity contribution is 9.11. The molecule has 0 amide bonds. The van der Waals surface area contributed by atoms with Gasteiger partial charge >= 0.3 is 0 Å². The van der Waals surface area contributed by atoms with Crippen LogP contribution in [0.25, 0.3) is 11.0 Å². The van der Waals surface area contributed by atoms with Gasteiger partial charge in [0.05, 0.1) is 29.7 Å². The summed E-state index contributed by atoms with van der Waals surface area (Å²) >= 11 is 7.02. The molecule has 0 aliphatic rings. The summed E-state index contributed by atoms with van der Waals surface area (Å²) in [5.74, 6) is 1.23. The molecular weight excluding hydrogens is 378 g/mol. The zero-order valence-electron chi connectivity index (χ0n) is 11.0. The molecule has 7 heteroatoms. The molecule has 19 heavy (non-hydrogen) atoms. The molecule has 0 unspecified atom stereocenters. The number of fused-ring (bicyclic) bond motifs is 1. The van der Waals surface area contributed by atoms with E-state index in [0.29, 0.717) is 11.5 Å². The van der Waals surface area contributed by atoms with Gasteiger partial charge in [0.25, 0.3) is 0 Å². The zero-order valence-corrected chi connectivity index (χ0v) is 14.2. The molecule has 0 saturated heterocycles. The lowest BCUT2D eigenvalue weighted by Gasteiger charge is -2.11. The van der Waals surface area contributed by atoms with Crippen molar-refractivity contribution >= 4 is 42.9 Å². The fourth-order valence-electron chi connectivity index (χ4n) is 1.82. The molecule has 1 aromatic heterocycles. The summed E-state index contributed by atoms with van der Waals surface area (Å²) in [7, 11) is 3.20. The fraction of sp³-hybridized carbons (Fsp3) is 0.500. The van der Waals surface area contributed by atoms with Gasteiger partial charge in [0.1, 0.15) is 11.0 Å². The number of hydrogen-bond acceptors (Lipinski definition) is 4. The van der Waals surface area contributed by atoms with E-state index >= 15 is 0 Å². The predicted molar refractivity (Wildman–Crippen MR) is 80.9 cm³/mol. The summed E-state index contributed by atoms with van der Waals surface area (Å²) in [5.41, 5.74) is 1.53. The summed E-state index contributed by atoms with van der Waals surface area (Å²) in [6.45, 7) is 2.94. The Bertz CT molecular complexity index is 551. The predicted octanol–water partition coefficient (Wildman–Crippen LogP) is 3.77. The van der Waals surface area contributed by atoms with E-state index < -0.39 is 0 Å². The van der Waals surface area contributed by atoms with Crippen LogP contribution in [-0.4, -0.2) is 29.2 Å². The maximum atomic E-state index is 5.37. The second kappa shape index (κ2) is 6.09. The highest BCUT2D eigenvalue weighted by atomic mass is 79.9. The molecule has 2 aromatic rings. The summed E-state index contributed by atoms with van der Waals surface area (Å²) < 4.78 is 12.2. The van der Waals surface area contributed by atoms with Crippen LogP contribution >= 0.6 is 31.9 Å². The fourth-order valence-corrected chi connectivity index (χ4v) is 3.04. The number of benzene rings is 1. The molecule has 0 fully saturated rings. The van der Waals surface area contributed by atoms with Gasteiger partial charge in [0.2, 0.25) is 0 Å². The minimum absolute atomic E-state index is 0.615. The Morgan fingerprint density at radius 3 is 1.84 bits per heavy atom. The average Bonchev–Trinajstić information content (AvgIpc) is 2.84. The molecule has 1 aromatic carbocycles. The summed E-state index contributed by atoms with van der Waals surface area (Å²) in [6.07, 6.45) is 2.15. The van der Waals surface area contributed by atoms with Gasteiger partial charge in [-0.3, -0.25) is 0 Å². The minimum Gasteiger partial charge on any atom is -0.492 e. The van der Waals surface area contributed by atoms with Crippen molar-refractivity contribution in [3.63, 3.8) is 0 Å². The van der Waals surface area contributed by atoms with Gasteiger partial charge in [0, 0.05) is 0 Å². The van der Waals surface area contributed by atoms with E-state index in [9.17, 15) is 0 Å². The number of hydrogen-bond donors (Lipinski definition) is 0.